The van der Waals surface area contributed by atoms with Crippen LogP contribution in [0.2, 0.25) is 0 Å². The fourth-order valence-corrected chi connectivity index (χ4v) is 3.95. The SMILES string of the molecule is Fc1cccc(C(F)(F)F)c1-c1ccc2c(c1)CC1CCNCCN21. The smallest absolute Gasteiger partial charge is 0.367 e. The average Bonchev–Trinajstić information content (AvgIpc) is 2.74. The molecule has 1 saturated heterocycles. The van der Waals surface area contributed by atoms with Gasteiger partial charge in [0, 0.05) is 30.4 Å². The van der Waals surface area contributed by atoms with Crippen molar-refractivity contribution in [3.63, 3.8) is 0 Å². The molecule has 1 N–H and O–H groups in total. The predicted molar refractivity (Wildman–Crippen MR) is 89.2 cm³/mol. The first-order chi connectivity index (χ1) is 11.9. The Balaban J connectivity index is 1.78. The first kappa shape index (κ1) is 16.4. The average molecular weight is 350 g/mol. The molecule has 0 spiro atoms. The van der Waals surface area contributed by atoms with Crippen LogP contribution in [0.5, 0.6) is 0 Å². The Bertz CT molecular complexity index is 800. The number of hydrogen-bond donors (Lipinski definition) is 1. The van der Waals surface area contributed by atoms with Gasteiger partial charge in [-0.1, -0.05) is 12.1 Å². The summed E-state index contributed by atoms with van der Waals surface area (Å²) in [6.07, 6.45) is -2.80. The summed E-state index contributed by atoms with van der Waals surface area (Å²) in [5, 5.41) is 3.36. The first-order valence-electron chi connectivity index (χ1n) is 8.41. The van der Waals surface area contributed by atoms with Crippen molar-refractivity contribution in [2.45, 2.75) is 25.1 Å². The van der Waals surface area contributed by atoms with Gasteiger partial charge in [0.15, 0.2) is 0 Å². The number of hydrogen-bond acceptors (Lipinski definition) is 2. The summed E-state index contributed by atoms with van der Waals surface area (Å²) in [6.45, 7) is 2.71. The molecular weight excluding hydrogens is 332 g/mol. The molecule has 2 heterocycles. The molecule has 25 heavy (non-hydrogen) atoms. The van der Waals surface area contributed by atoms with Gasteiger partial charge in [-0.2, -0.15) is 13.2 Å². The fourth-order valence-electron chi connectivity index (χ4n) is 3.95. The van der Waals surface area contributed by atoms with Gasteiger partial charge in [0.1, 0.15) is 5.82 Å². The lowest BCUT2D eigenvalue weighted by molar-refractivity contribution is -0.137. The molecular formula is C19H18F4N2. The third-order valence-corrected chi connectivity index (χ3v) is 5.08. The van der Waals surface area contributed by atoms with Gasteiger partial charge in [-0.25, -0.2) is 4.39 Å². The minimum Gasteiger partial charge on any atom is -0.367 e. The third-order valence-electron chi connectivity index (χ3n) is 5.08. The second kappa shape index (κ2) is 6.02. The number of halogens is 4. The van der Waals surface area contributed by atoms with E-state index in [1.165, 1.54) is 0 Å². The highest BCUT2D eigenvalue weighted by molar-refractivity contribution is 5.74. The molecule has 6 heteroatoms. The zero-order chi connectivity index (χ0) is 17.6. The maximum Gasteiger partial charge on any atom is 0.417 e. The van der Waals surface area contributed by atoms with Crippen LogP contribution in [0.4, 0.5) is 23.2 Å². The normalized spacial score (nSPS) is 20.2. The Hall–Kier alpha value is -2.08. The number of nitrogens with one attached hydrogen (secondary N) is 1. The van der Waals surface area contributed by atoms with Crippen molar-refractivity contribution in [1.82, 2.24) is 5.32 Å². The lowest BCUT2D eigenvalue weighted by Gasteiger charge is -2.24. The van der Waals surface area contributed by atoms with Gasteiger partial charge in [-0.3, -0.25) is 0 Å². The quantitative estimate of drug-likeness (QED) is 0.774. The van der Waals surface area contributed by atoms with Gasteiger partial charge in [-0.05, 0) is 54.8 Å². The molecule has 1 unspecified atom stereocenters. The minimum absolute atomic E-state index is 0.292. The Morgan fingerprint density at radius 1 is 1.08 bits per heavy atom. The molecule has 0 aromatic heterocycles. The highest BCUT2D eigenvalue weighted by Gasteiger charge is 2.36. The Kier molecular flexibility index (Phi) is 3.95. The molecule has 2 aliphatic heterocycles. The van der Waals surface area contributed by atoms with Crippen molar-refractivity contribution in [2.75, 3.05) is 24.5 Å². The van der Waals surface area contributed by atoms with Crippen LogP contribution in [0.25, 0.3) is 11.1 Å². The molecule has 2 nitrogen and oxygen atoms in total. The molecule has 0 saturated carbocycles. The number of fused-ring (bicyclic) bond motifs is 3. The van der Waals surface area contributed by atoms with E-state index in [0.717, 1.165) is 61.9 Å². The van der Waals surface area contributed by atoms with Gasteiger partial charge in [-0.15, -0.1) is 0 Å². The fraction of sp³-hybridized carbons (Fsp3) is 0.368. The molecule has 0 bridgehead atoms. The summed E-state index contributed by atoms with van der Waals surface area (Å²) in [5.74, 6) is -0.841. The van der Waals surface area contributed by atoms with Gasteiger partial charge in [0.05, 0.1) is 5.56 Å². The molecule has 132 valence electrons. The molecule has 1 fully saturated rings. The molecule has 0 amide bonds. The van der Waals surface area contributed by atoms with E-state index in [1.807, 2.05) is 6.07 Å². The summed E-state index contributed by atoms with van der Waals surface area (Å²) >= 11 is 0. The number of nitrogens with zero attached hydrogens (tertiary/aromatic N) is 1. The van der Waals surface area contributed by atoms with Crippen LogP contribution in [-0.4, -0.2) is 25.7 Å². The largest absolute Gasteiger partial charge is 0.417 e. The van der Waals surface area contributed by atoms with Crippen molar-refractivity contribution in [3.8, 4) is 11.1 Å². The van der Waals surface area contributed by atoms with Crippen molar-refractivity contribution in [1.29, 1.82) is 0 Å². The van der Waals surface area contributed by atoms with E-state index < -0.39 is 17.6 Å². The Morgan fingerprint density at radius 2 is 1.92 bits per heavy atom. The Labute approximate surface area is 143 Å². The molecule has 2 aliphatic rings. The van der Waals surface area contributed by atoms with E-state index in [-0.39, 0.29) is 5.56 Å². The van der Waals surface area contributed by atoms with Gasteiger partial charge < -0.3 is 10.2 Å². The molecule has 0 radical (unpaired) electrons. The summed E-state index contributed by atoms with van der Waals surface area (Å²) in [4.78, 5) is 2.31. The highest BCUT2D eigenvalue weighted by Crippen LogP contribution is 2.41. The molecule has 4 rings (SSSR count). The second-order valence-corrected chi connectivity index (χ2v) is 6.59. The topological polar surface area (TPSA) is 15.3 Å². The predicted octanol–water partition coefficient (Wildman–Crippen LogP) is 4.24. The number of benzene rings is 2. The van der Waals surface area contributed by atoms with Crippen molar-refractivity contribution in [3.05, 3.63) is 53.3 Å². The summed E-state index contributed by atoms with van der Waals surface area (Å²) in [6, 6.07) is 8.65. The highest BCUT2D eigenvalue weighted by atomic mass is 19.4. The number of anilines is 1. The van der Waals surface area contributed by atoms with E-state index >= 15 is 0 Å². The minimum atomic E-state index is -4.59. The van der Waals surface area contributed by atoms with Crippen LogP contribution in [0, 0.1) is 5.82 Å². The van der Waals surface area contributed by atoms with Crippen molar-refractivity contribution in [2.24, 2.45) is 0 Å². The molecule has 1 atom stereocenters. The number of alkyl halides is 3. The summed E-state index contributed by atoms with van der Waals surface area (Å²) < 4.78 is 54.1. The van der Waals surface area contributed by atoms with E-state index in [1.54, 1.807) is 12.1 Å². The zero-order valence-corrected chi connectivity index (χ0v) is 13.5. The van der Waals surface area contributed by atoms with Crippen molar-refractivity contribution < 1.29 is 17.6 Å². The maximum absolute atomic E-state index is 14.2. The molecule has 0 aliphatic carbocycles. The van der Waals surface area contributed by atoms with Crippen molar-refractivity contribution >= 4 is 5.69 Å². The summed E-state index contributed by atoms with van der Waals surface area (Å²) in [5.41, 5.74) is 1.06. The monoisotopic (exact) mass is 350 g/mol. The van der Waals surface area contributed by atoms with Gasteiger partial charge >= 0.3 is 6.18 Å². The van der Waals surface area contributed by atoms with Gasteiger partial charge in [0.2, 0.25) is 0 Å². The first-order valence-corrected chi connectivity index (χ1v) is 8.41. The Morgan fingerprint density at radius 3 is 2.72 bits per heavy atom. The van der Waals surface area contributed by atoms with Crippen LogP contribution < -0.4 is 10.2 Å². The summed E-state index contributed by atoms with van der Waals surface area (Å²) in [7, 11) is 0. The van der Waals surface area contributed by atoms with E-state index in [2.05, 4.69) is 10.2 Å². The van der Waals surface area contributed by atoms with Crippen LogP contribution in [0.1, 0.15) is 17.5 Å². The number of rotatable bonds is 1. The van der Waals surface area contributed by atoms with Crippen LogP contribution in [-0.2, 0) is 12.6 Å². The van der Waals surface area contributed by atoms with Crippen LogP contribution in [0.3, 0.4) is 0 Å². The van der Waals surface area contributed by atoms with Gasteiger partial charge in [0.25, 0.3) is 0 Å². The lowest BCUT2D eigenvalue weighted by Crippen LogP contribution is -2.32. The third kappa shape index (κ3) is 2.88. The zero-order valence-electron chi connectivity index (χ0n) is 13.5. The van der Waals surface area contributed by atoms with E-state index in [4.69, 9.17) is 0 Å². The second-order valence-electron chi connectivity index (χ2n) is 6.59. The van der Waals surface area contributed by atoms with Crippen LogP contribution in [0.15, 0.2) is 36.4 Å². The van der Waals surface area contributed by atoms with E-state index in [0.29, 0.717) is 11.6 Å². The lowest BCUT2D eigenvalue weighted by atomic mass is 9.96. The maximum atomic E-state index is 14.2. The molecule has 2 aromatic rings. The standard InChI is InChI=1S/C19H18F4N2/c20-16-3-1-2-15(19(21,22)23)18(16)12-4-5-17-13(10-12)11-14-6-7-24-8-9-25(14)17/h1-5,10,14,24H,6-9,11H2. The van der Waals surface area contributed by atoms with E-state index in [9.17, 15) is 17.6 Å². The van der Waals surface area contributed by atoms with Crippen LogP contribution >= 0.6 is 0 Å². The molecule has 2 aromatic carbocycles.